The Kier molecular flexibility index (Phi) is 6.11. The lowest BCUT2D eigenvalue weighted by atomic mass is 9.84. The van der Waals surface area contributed by atoms with Gasteiger partial charge in [0.15, 0.2) is 0 Å². The maximum Gasteiger partial charge on any atom is 0.222 e. The molecule has 3 rings (SSSR count). The molecule has 1 amide bonds. The zero-order valence-electron chi connectivity index (χ0n) is 14.4. The second-order valence-corrected chi connectivity index (χ2v) is 7.89. The van der Waals surface area contributed by atoms with Gasteiger partial charge in [0.2, 0.25) is 5.91 Å². The van der Waals surface area contributed by atoms with Crippen LogP contribution >= 0.6 is 15.9 Å². The highest BCUT2D eigenvalue weighted by molar-refractivity contribution is 9.10. The molecule has 3 heterocycles. The van der Waals surface area contributed by atoms with Crippen molar-refractivity contribution < 1.29 is 4.79 Å². The summed E-state index contributed by atoms with van der Waals surface area (Å²) in [6.45, 7) is 7.77. The summed E-state index contributed by atoms with van der Waals surface area (Å²) in [5.41, 5.74) is 0. The van der Waals surface area contributed by atoms with Crippen LogP contribution in [0.5, 0.6) is 0 Å². The van der Waals surface area contributed by atoms with E-state index in [1.54, 1.807) is 0 Å². The fourth-order valence-electron chi connectivity index (χ4n) is 3.72. The summed E-state index contributed by atoms with van der Waals surface area (Å²) < 4.78 is 0.993. The van der Waals surface area contributed by atoms with Crippen LogP contribution in [0.4, 0.5) is 5.82 Å². The lowest BCUT2D eigenvalue weighted by Crippen LogP contribution is -2.49. The Morgan fingerprint density at radius 2 is 2.00 bits per heavy atom. The van der Waals surface area contributed by atoms with E-state index in [2.05, 4.69) is 38.1 Å². The maximum absolute atomic E-state index is 12.6. The molecule has 1 aromatic rings. The number of carbonyl (C=O) groups is 1. The van der Waals surface area contributed by atoms with Gasteiger partial charge < -0.3 is 15.1 Å². The van der Waals surface area contributed by atoms with Crippen LogP contribution in [-0.2, 0) is 4.79 Å². The van der Waals surface area contributed by atoms with E-state index >= 15 is 0 Å². The second-order valence-electron chi connectivity index (χ2n) is 6.97. The molecule has 2 aliphatic heterocycles. The number of pyridine rings is 1. The molecule has 0 radical (unpaired) electrons. The highest BCUT2D eigenvalue weighted by Crippen LogP contribution is 2.25. The minimum Gasteiger partial charge on any atom is -0.353 e. The van der Waals surface area contributed by atoms with Crippen molar-refractivity contribution in [3.63, 3.8) is 0 Å². The zero-order chi connectivity index (χ0) is 16.9. The van der Waals surface area contributed by atoms with Crippen LogP contribution in [0.1, 0.15) is 26.2 Å². The Balaban J connectivity index is 1.47. The zero-order valence-corrected chi connectivity index (χ0v) is 16.0. The lowest BCUT2D eigenvalue weighted by Gasteiger charge is -2.36. The number of carbonyl (C=O) groups excluding carboxylic acids is 1. The smallest absolute Gasteiger partial charge is 0.222 e. The van der Waals surface area contributed by atoms with Crippen LogP contribution < -0.4 is 10.2 Å². The number of piperidine rings is 1. The van der Waals surface area contributed by atoms with E-state index in [0.717, 1.165) is 49.6 Å². The van der Waals surface area contributed by atoms with Crippen molar-refractivity contribution in [3.05, 3.63) is 22.8 Å². The first-order valence-electron chi connectivity index (χ1n) is 8.98. The molecule has 2 aliphatic rings. The molecule has 24 heavy (non-hydrogen) atoms. The number of piperazine rings is 1. The third kappa shape index (κ3) is 4.48. The third-order valence-corrected chi connectivity index (χ3v) is 5.82. The van der Waals surface area contributed by atoms with Gasteiger partial charge in [0, 0.05) is 43.3 Å². The fourth-order valence-corrected chi connectivity index (χ4v) is 3.96. The molecule has 1 N–H and O–H groups in total. The van der Waals surface area contributed by atoms with E-state index in [4.69, 9.17) is 0 Å². The predicted molar refractivity (Wildman–Crippen MR) is 100 cm³/mol. The Bertz CT molecular complexity index is 536. The molecule has 5 nitrogen and oxygen atoms in total. The molecular weight excluding hydrogens is 368 g/mol. The van der Waals surface area contributed by atoms with E-state index in [9.17, 15) is 4.79 Å². The lowest BCUT2D eigenvalue weighted by molar-refractivity contribution is -0.132. The van der Waals surface area contributed by atoms with E-state index in [0.29, 0.717) is 24.2 Å². The predicted octanol–water partition coefficient (Wildman–Crippen LogP) is 2.52. The molecule has 2 saturated heterocycles. The molecule has 2 fully saturated rings. The summed E-state index contributed by atoms with van der Waals surface area (Å²) in [7, 11) is 0. The van der Waals surface area contributed by atoms with Crippen molar-refractivity contribution in [3.8, 4) is 0 Å². The van der Waals surface area contributed by atoms with Crippen LogP contribution in [0.2, 0.25) is 0 Å². The highest BCUT2D eigenvalue weighted by Gasteiger charge is 2.26. The standard InChI is InChI=1S/C18H27BrN4O/c1-14(15-4-6-20-7-5-15)12-18(24)23-10-8-22(9-11-23)17-3-2-16(19)13-21-17/h2-3,13-15,20H,4-12H2,1H3. The first-order chi connectivity index (χ1) is 11.6. The minimum absolute atomic E-state index is 0.324. The number of halogens is 1. The van der Waals surface area contributed by atoms with E-state index < -0.39 is 0 Å². The number of hydrogen-bond donors (Lipinski definition) is 1. The first-order valence-corrected chi connectivity index (χ1v) is 9.78. The topological polar surface area (TPSA) is 48.5 Å². The number of amides is 1. The van der Waals surface area contributed by atoms with Crippen molar-refractivity contribution in [1.29, 1.82) is 0 Å². The number of nitrogens with zero attached hydrogens (tertiary/aromatic N) is 3. The van der Waals surface area contributed by atoms with Crippen molar-refractivity contribution in [2.45, 2.75) is 26.2 Å². The molecule has 1 atom stereocenters. The number of nitrogens with one attached hydrogen (secondary N) is 1. The van der Waals surface area contributed by atoms with Gasteiger partial charge in [-0.25, -0.2) is 4.98 Å². The van der Waals surface area contributed by atoms with Gasteiger partial charge in [-0.3, -0.25) is 4.79 Å². The fraction of sp³-hybridized carbons (Fsp3) is 0.667. The average Bonchev–Trinajstić information content (AvgIpc) is 2.63. The molecule has 0 spiro atoms. The highest BCUT2D eigenvalue weighted by atomic mass is 79.9. The van der Waals surface area contributed by atoms with Crippen LogP contribution in [0.25, 0.3) is 0 Å². The molecule has 0 aliphatic carbocycles. The summed E-state index contributed by atoms with van der Waals surface area (Å²) >= 11 is 3.42. The molecule has 132 valence electrons. The van der Waals surface area contributed by atoms with E-state index in [1.165, 1.54) is 12.8 Å². The van der Waals surface area contributed by atoms with Gasteiger partial charge in [0.1, 0.15) is 5.82 Å². The van der Waals surface area contributed by atoms with Gasteiger partial charge in [-0.1, -0.05) is 6.92 Å². The Labute approximate surface area is 152 Å². The van der Waals surface area contributed by atoms with Gasteiger partial charge in [-0.05, 0) is 65.8 Å². The van der Waals surface area contributed by atoms with Crippen LogP contribution in [0.3, 0.4) is 0 Å². The van der Waals surface area contributed by atoms with Crippen LogP contribution in [0, 0.1) is 11.8 Å². The summed E-state index contributed by atoms with van der Waals surface area (Å²) in [6, 6.07) is 4.04. The third-order valence-electron chi connectivity index (χ3n) is 5.35. The van der Waals surface area contributed by atoms with Gasteiger partial charge >= 0.3 is 0 Å². The van der Waals surface area contributed by atoms with E-state index in [-0.39, 0.29) is 0 Å². The summed E-state index contributed by atoms with van der Waals surface area (Å²) in [5, 5.41) is 3.40. The van der Waals surface area contributed by atoms with Gasteiger partial charge in [-0.2, -0.15) is 0 Å². The molecule has 6 heteroatoms. The number of anilines is 1. The Morgan fingerprint density at radius 1 is 1.29 bits per heavy atom. The van der Waals surface area contributed by atoms with Gasteiger partial charge in [-0.15, -0.1) is 0 Å². The van der Waals surface area contributed by atoms with Crippen molar-refractivity contribution in [1.82, 2.24) is 15.2 Å². The molecule has 1 aromatic heterocycles. The molecule has 1 unspecified atom stereocenters. The first kappa shape index (κ1) is 17.7. The van der Waals surface area contributed by atoms with Crippen molar-refractivity contribution in [2.24, 2.45) is 11.8 Å². The van der Waals surface area contributed by atoms with Crippen LogP contribution in [0.15, 0.2) is 22.8 Å². The number of rotatable bonds is 4. The number of hydrogen-bond acceptors (Lipinski definition) is 4. The minimum atomic E-state index is 0.324. The van der Waals surface area contributed by atoms with Crippen molar-refractivity contribution >= 4 is 27.7 Å². The summed E-state index contributed by atoms with van der Waals surface area (Å²) in [6.07, 6.45) is 4.93. The number of aromatic nitrogens is 1. The van der Waals surface area contributed by atoms with Crippen molar-refractivity contribution in [2.75, 3.05) is 44.2 Å². The monoisotopic (exact) mass is 394 g/mol. The summed E-state index contributed by atoms with van der Waals surface area (Å²) in [5.74, 6) is 2.51. The largest absolute Gasteiger partial charge is 0.353 e. The molecule has 0 aromatic carbocycles. The Morgan fingerprint density at radius 3 is 2.62 bits per heavy atom. The second kappa shape index (κ2) is 8.30. The summed E-state index contributed by atoms with van der Waals surface area (Å²) in [4.78, 5) is 21.4. The Hall–Kier alpha value is -1.14. The SMILES string of the molecule is CC(CC(=O)N1CCN(c2ccc(Br)cn2)CC1)C1CCNCC1. The maximum atomic E-state index is 12.6. The quantitative estimate of drug-likeness (QED) is 0.851. The normalized spacial score (nSPS) is 20.9. The molecular formula is C18H27BrN4O. The molecule has 0 saturated carbocycles. The van der Waals surface area contributed by atoms with E-state index in [1.807, 2.05) is 23.2 Å². The van der Waals surface area contributed by atoms with Crippen LogP contribution in [-0.4, -0.2) is 55.1 Å². The average molecular weight is 395 g/mol. The van der Waals surface area contributed by atoms with Gasteiger partial charge in [0.25, 0.3) is 0 Å². The molecule has 0 bridgehead atoms. The van der Waals surface area contributed by atoms with Gasteiger partial charge in [0.05, 0.1) is 0 Å².